The van der Waals surface area contributed by atoms with Gasteiger partial charge in [0.2, 0.25) is 5.91 Å². The number of amides is 1. The first-order chi connectivity index (χ1) is 15.5. The Balaban J connectivity index is 1.67. The van der Waals surface area contributed by atoms with Crippen LogP contribution < -0.4 is 0 Å². The number of terminal acetylenes is 1. The number of fused-ring (bicyclic) bond motifs is 1. The van der Waals surface area contributed by atoms with E-state index in [9.17, 15) is 18.9 Å². The Kier molecular flexibility index (Phi) is 7.82. The van der Waals surface area contributed by atoms with Crippen molar-refractivity contribution in [1.29, 1.82) is 0 Å². The van der Waals surface area contributed by atoms with Crippen molar-refractivity contribution in [1.82, 2.24) is 4.90 Å². The Labute approximate surface area is 193 Å². The largest absolute Gasteiger partial charge is 0.475 e. The Morgan fingerprint density at radius 1 is 1.42 bits per heavy atom. The number of nitrogens with zero attached hydrogens (tertiary/aromatic N) is 1. The summed E-state index contributed by atoms with van der Waals surface area (Å²) in [5, 5.41) is 0. The van der Waals surface area contributed by atoms with E-state index >= 15 is 0 Å². The molecule has 0 spiro atoms. The SMILES string of the molecule is C#C[C@]1(C)[C@@H]2O[P@](=O)(OCCC(CC)C(=O)OC(C)C)OC[C@H]2O[C@H]1N1C=CC(=O)CC1=O. The van der Waals surface area contributed by atoms with Crippen LogP contribution >= 0.6 is 7.82 Å². The lowest BCUT2D eigenvalue weighted by Crippen LogP contribution is -2.49. The van der Waals surface area contributed by atoms with Gasteiger partial charge in [-0.3, -0.25) is 32.9 Å². The predicted octanol–water partition coefficient (Wildman–Crippen LogP) is 2.57. The maximum absolute atomic E-state index is 13.1. The molecule has 1 unspecified atom stereocenters. The molecule has 10 nitrogen and oxygen atoms in total. The van der Waals surface area contributed by atoms with Crippen molar-refractivity contribution in [2.24, 2.45) is 11.3 Å². The van der Waals surface area contributed by atoms with Crippen LogP contribution in [-0.2, 0) is 42.0 Å². The minimum absolute atomic E-state index is 0.0487. The Bertz CT molecular complexity index is 910. The monoisotopic (exact) mass is 483 g/mol. The van der Waals surface area contributed by atoms with Crippen molar-refractivity contribution in [2.45, 2.75) is 71.5 Å². The number of carbonyl (C=O) groups excluding carboxylic acids is 3. The van der Waals surface area contributed by atoms with E-state index in [2.05, 4.69) is 5.92 Å². The molecule has 0 radical (unpaired) electrons. The normalized spacial score (nSPS) is 34.8. The van der Waals surface area contributed by atoms with Crippen molar-refractivity contribution in [2.75, 3.05) is 13.2 Å². The molecule has 0 aliphatic carbocycles. The molecule has 0 bridgehead atoms. The van der Waals surface area contributed by atoms with Crippen molar-refractivity contribution in [3.05, 3.63) is 12.3 Å². The van der Waals surface area contributed by atoms with E-state index in [0.717, 1.165) is 0 Å². The summed E-state index contributed by atoms with van der Waals surface area (Å²) in [5.74, 6) is 1.10. The number of hydrogen-bond donors (Lipinski definition) is 0. The minimum Gasteiger partial charge on any atom is -0.463 e. The quantitative estimate of drug-likeness (QED) is 0.222. The highest BCUT2D eigenvalue weighted by Crippen LogP contribution is 2.59. The molecule has 182 valence electrons. The molecule has 0 saturated carbocycles. The zero-order valence-electron chi connectivity index (χ0n) is 19.2. The van der Waals surface area contributed by atoms with Gasteiger partial charge in [0, 0.05) is 6.20 Å². The molecule has 1 amide bonds. The summed E-state index contributed by atoms with van der Waals surface area (Å²) in [6, 6.07) is 0. The van der Waals surface area contributed by atoms with E-state index in [0.29, 0.717) is 6.42 Å². The first kappa shape index (κ1) is 25.6. The van der Waals surface area contributed by atoms with Crippen LogP contribution in [0.4, 0.5) is 0 Å². The standard InChI is InChI=1S/C22H30NO9P/c1-6-15(20(26)30-14(3)4)9-11-28-33(27)29-13-17-19(32-33)22(5,7-2)21(31-17)23-10-8-16(24)12-18(23)25/h2,8,10,14-15,17,19,21H,6,9,11-13H2,1,3-5H3/t15?,17-,19-,21-,22-,33-/m1/s1. The molecule has 3 rings (SSSR count). The topological polar surface area (TPSA) is 118 Å². The number of phosphoric ester groups is 1. The third-order valence-corrected chi connectivity index (χ3v) is 7.33. The van der Waals surface area contributed by atoms with Crippen molar-refractivity contribution in [3.8, 4) is 12.3 Å². The van der Waals surface area contributed by atoms with Crippen LogP contribution in [0.5, 0.6) is 0 Å². The summed E-state index contributed by atoms with van der Waals surface area (Å²) in [7, 11) is -4.00. The number of rotatable bonds is 8. The summed E-state index contributed by atoms with van der Waals surface area (Å²) in [6.07, 6.45) is 6.22. The van der Waals surface area contributed by atoms with Gasteiger partial charge in [0.25, 0.3) is 0 Å². The van der Waals surface area contributed by atoms with Crippen molar-refractivity contribution in [3.63, 3.8) is 0 Å². The average molecular weight is 483 g/mol. The number of ketones is 1. The first-order valence-corrected chi connectivity index (χ1v) is 12.4. The fourth-order valence-corrected chi connectivity index (χ4v) is 5.49. The lowest BCUT2D eigenvalue weighted by Gasteiger charge is -2.37. The average Bonchev–Trinajstić information content (AvgIpc) is 3.03. The molecular weight excluding hydrogens is 453 g/mol. The summed E-state index contributed by atoms with van der Waals surface area (Å²) >= 11 is 0. The fraction of sp³-hybridized carbons (Fsp3) is 0.682. The second kappa shape index (κ2) is 10.1. The zero-order chi connectivity index (χ0) is 24.4. The van der Waals surface area contributed by atoms with Gasteiger partial charge >= 0.3 is 13.8 Å². The molecular formula is C22H30NO9P. The van der Waals surface area contributed by atoms with Crippen LogP contribution in [0.2, 0.25) is 0 Å². The van der Waals surface area contributed by atoms with Crippen molar-refractivity contribution >= 4 is 25.5 Å². The fourth-order valence-electron chi connectivity index (χ4n) is 4.00. The Morgan fingerprint density at radius 3 is 2.76 bits per heavy atom. The van der Waals surface area contributed by atoms with E-state index < -0.39 is 43.5 Å². The molecule has 11 heteroatoms. The number of ether oxygens (including phenoxy) is 2. The number of allylic oxidation sites excluding steroid dienone is 1. The van der Waals surface area contributed by atoms with Gasteiger partial charge in [-0.1, -0.05) is 12.8 Å². The first-order valence-electron chi connectivity index (χ1n) is 11.0. The van der Waals surface area contributed by atoms with Gasteiger partial charge in [-0.05, 0) is 39.7 Å². The van der Waals surface area contributed by atoms with Gasteiger partial charge < -0.3 is 9.47 Å². The third kappa shape index (κ3) is 5.39. The van der Waals surface area contributed by atoms with Crippen LogP contribution in [0, 0.1) is 23.7 Å². The summed E-state index contributed by atoms with van der Waals surface area (Å²) in [5.41, 5.74) is -1.18. The highest BCUT2D eigenvalue weighted by molar-refractivity contribution is 7.48. The molecule has 3 heterocycles. The number of phosphoric acid groups is 1. The lowest BCUT2D eigenvalue weighted by molar-refractivity contribution is -0.153. The smallest absolute Gasteiger partial charge is 0.463 e. The molecule has 2 saturated heterocycles. The predicted molar refractivity (Wildman–Crippen MR) is 115 cm³/mol. The van der Waals surface area contributed by atoms with E-state index in [1.807, 2.05) is 6.92 Å². The van der Waals surface area contributed by atoms with Crippen molar-refractivity contribution < 1.29 is 42.0 Å². The summed E-state index contributed by atoms with van der Waals surface area (Å²) in [4.78, 5) is 37.3. The molecule has 0 aromatic rings. The van der Waals surface area contributed by atoms with Gasteiger partial charge in [-0.2, -0.15) is 0 Å². The van der Waals surface area contributed by atoms with Crippen LogP contribution in [0.3, 0.4) is 0 Å². The Morgan fingerprint density at radius 2 is 2.15 bits per heavy atom. The highest BCUT2D eigenvalue weighted by Gasteiger charge is 2.61. The molecule has 2 fully saturated rings. The van der Waals surface area contributed by atoms with Gasteiger partial charge in [0.05, 0.1) is 31.7 Å². The van der Waals surface area contributed by atoms with E-state index in [1.54, 1.807) is 20.8 Å². The molecule has 6 atom stereocenters. The number of esters is 1. The minimum atomic E-state index is -4.00. The Hall–Kier alpha value is -2.02. The molecule has 0 N–H and O–H groups in total. The summed E-state index contributed by atoms with van der Waals surface area (Å²) in [6.45, 7) is 6.88. The van der Waals surface area contributed by atoms with E-state index in [-0.39, 0.29) is 43.9 Å². The highest BCUT2D eigenvalue weighted by atomic mass is 31.2. The van der Waals surface area contributed by atoms with Gasteiger partial charge in [0.1, 0.15) is 17.6 Å². The van der Waals surface area contributed by atoms with Gasteiger partial charge in [-0.15, -0.1) is 6.42 Å². The molecule has 0 aromatic carbocycles. The molecule has 0 aromatic heterocycles. The second-order valence-corrected chi connectivity index (χ2v) is 10.3. The molecule has 3 aliphatic rings. The van der Waals surface area contributed by atoms with Crippen LogP contribution in [0.25, 0.3) is 0 Å². The maximum Gasteiger partial charge on any atom is 0.475 e. The van der Waals surface area contributed by atoms with Crippen LogP contribution in [-0.4, -0.2) is 60.3 Å². The number of carbonyl (C=O) groups is 3. The van der Waals surface area contributed by atoms with Gasteiger partial charge in [0.15, 0.2) is 12.0 Å². The third-order valence-electron chi connectivity index (χ3n) is 5.88. The molecule has 33 heavy (non-hydrogen) atoms. The zero-order valence-corrected chi connectivity index (χ0v) is 20.1. The van der Waals surface area contributed by atoms with Gasteiger partial charge in [-0.25, -0.2) is 4.57 Å². The number of hydrogen-bond acceptors (Lipinski definition) is 9. The van der Waals surface area contributed by atoms with E-state index in [4.69, 9.17) is 29.5 Å². The van der Waals surface area contributed by atoms with Crippen LogP contribution in [0.1, 0.15) is 47.0 Å². The maximum atomic E-state index is 13.1. The summed E-state index contributed by atoms with van der Waals surface area (Å²) < 4.78 is 40.9. The van der Waals surface area contributed by atoms with E-state index in [1.165, 1.54) is 17.2 Å². The second-order valence-electron chi connectivity index (χ2n) is 8.70. The molecule has 3 aliphatic heterocycles. The van der Waals surface area contributed by atoms with Crippen LogP contribution in [0.15, 0.2) is 12.3 Å². The lowest BCUT2D eigenvalue weighted by atomic mass is 9.82.